The number of rotatable bonds is 9. The minimum Gasteiger partial charge on any atom is -0.481 e. The van der Waals surface area contributed by atoms with Crippen molar-refractivity contribution >= 4 is 23.0 Å². The molecule has 0 atom stereocenters. The van der Waals surface area contributed by atoms with Gasteiger partial charge in [-0.2, -0.15) is 0 Å². The Morgan fingerprint density at radius 3 is 2.28 bits per heavy atom. The lowest BCUT2D eigenvalue weighted by Gasteiger charge is -2.39. The van der Waals surface area contributed by atoms with Crippen LogP contribution in [-0.2, 0) is 23.3 Å². The molecular formula is C37H43N3O2S. The van der Waals surface area contributed by atoms with E-state index in [1.807, 2.05) is 30.3 Å². The van der Waals surface area contributed by atoms with E-state index in [0.717, 1.165) is 59.8 Å². The molecule has 0 bridgehead atoms. The predicted molar refractivity (Wildman–Crippen MR) is 177 cm³/mol. The summed E-state index contributed by atoms with van der Waals surface area (Å²) in [4.78, 5) is 21.9. The Kier molecular flexibility index (Phi) is 8.96. The molecule has 1 N–H and O–H groups in total. The van der Waals surface area contributed by atoms with Crippen molar-refractivity contribution < 1.29 is 9.90 Å². The second-order valence-corrected chi connectivity index (χ2v) is 13.7. The van der Waals surface area contributed by atoms with Gasteiger partial charge in [-0.3, -0.25) is 9.69 Å². The lowest BCUT2D eigenvalue weighted by Crippen LogP contribution is -2.47. The largest absolute Gasteiger partial charge is 0.481 e. The minimum atomic E-state index is -0.794. The van der Waals surface area contributed by atoms with Crippen LogP contribution >= 0.6 is 11.3 Å². The number of hydrogen-bond donors (Lipinski definition) is 1. The van der Waals surface area contributed by atoms with Gasteiger partial charge in [0.1, 0.15) is 5.01 Å². The monoisotopic (exact) mass is 593 g/mol. The maximum absolute atomic E-state index is 12.3. The number of carboxylic acids is 1. The van der Waals surface area contributed by atoms with Crippen molar-refractivity contribution in [2.75, 3.05) is 25.0 Å². The molecule has 1 aromatic heterocycles. The van der Waals surface area contributed by atoms with Gasteiger partial charge in [0.15, 0.2) is 0 Å². The molecule has 0 amide bonds. The van der Waals surface area contributed by atoms with Crippen molar-refractivity contribution in [1.82, 2.24) is 9.88 Å². The zero-order chi connectivity index (χ0) is 29.8. The van der Waals surface area contributed by atoms with E-state index in [2.05, 4.69) is 77.7 Å². The van der Waals surface area contributed by atoms with Gasteiger partial charge in [-0.15, -0.1) is 11.3 Å². The fourth-order valence-electron chi connectivity index (χ4n) is 6.92. The van der Waals surface area contributed by atoms with E-state index in [9.17, 15) is 9.90 Å². The Labute approximate surface area is 260 Å². The fourth-order valence-corrected chi connectivity index (χ4v) is 7.77. The summed E-state index contributed by atoms with van der Waals surface area (Å²) in [5.74, 6) is 0.903. The summed E-state index contributed by atoms with van der Waals surface area (Å²) in [5.41, 5.74) is 6.28. The summed E-state index contributed by atoms with van der Waals surface area (Å²) in [5, 5.41) is 13.3. The zero-order valence-electron chi connectivity index (χ0n) is 25.4. The highest BCUT2D eigenvalue weighted by Gasteiger charge is 2.43. The highest BCUT2D eigenvalue weighted by atomic mass is 32.1. The second kappa shape index (κ2) is 13.0. The number of aliphatic carboxylic acids is 1. The van der Waals surface area contributed by atoms with E-state index in [0.29, 0.717) is 12.8 Å². The number of carbonyl (C=O) groups is 1. The van der Waals surface area contributed by atoms with Gasteiger partial charge in [0.2, 0.25) is 0 Å². The molecule has 0 spiro atoms. The van der Waals surface area contributed by atoms with E-state index in [1.165, 1.54) is 42.5 Å². The summed E-state index contributed by atoms with van der Waals surface area (Å²) in [6, 6.07) is 27.7. The Hall–Kier alpha value is -3.48. The Morgan fingerprint density at radius 1 is 0.953 bits per heavy atom. The van der Waals surface area contributed by atoms with Crippen LogP contribution in [-0.4, -0.2) is 41.1 Å². The van der Waals surface area contributed by atoms with E-state index in [1.54, 1.807) is 11.3 Å². The number of aromatic nitrogens is 1. The van der Waals surface area contributed by atoms with Crippen LogP contribution in [0.1, 0.15) is 73.1 Å². The minimum absolute atomic E-state index is 0.615. The SMILES string of the molecule is CC1CCC(c2ccc(CN(C)c3ccc(-c4csc(CN5CCC(C(=O)O)(c6ccccc6)CC5)n4)cc3)cc2)CC1. The van der Waals surface area contributed by atoms with Gasteiger partial charge in [0.05, 0.1) is 17.7 Å². The first-order valence-corrected chi connectivity index (χ1v) is 16.6. The Balaban J connectivity index is 1.02. The molecule has 0 radical (unpaired) electrons. The molecule has 0 unspecified atom stereocenters. The normalized spacial score (nSPS) is 20.5. The smallest absolute Gasteiger partial charge is 0.314 e. The van der Waals surface area contributed by atoms with Crippen molar-refractivity contribution in [3.05, 3.63) is 106 Å². The molecule has 1 saturated carbocycles. The molecule has 1 aliphatic carbocycles. The molecule has 4 aromatic rings. The van der Waals surface area contributed by atoms with Gasteiger partial charge in [-0.05, 0) is 66.3 Å². The first kappa shape index (κ1) is 29.6. The lowest BCUT2D eigenvalue weighted by atomic mass is 9.73. The number of likely N-dealkylation sites (tertiary alicyclic amines) is 1. The van der Waals surface area contributed by atoms with Crippen LogP contribution in [0, 0.1) is 5.92 Å². The van der Waals surface area contributed by atoms with Crippen molar-refractivity contribution in [3.63, 3.8) is 0 Å². The molecule has 2 aliphatic rings. The summed E-state index contributed by atoms with van der Waals surface area (Å²) in [7, 11) is 2.15. The number of anilines is 1. The molecule has 6 rings (SSSR count). The van der Waals surface area contributed by atoms with E-state index in [4.69, 9.17) is 4.98 Å². The van der Waals surface area contributed by atoms with Crippen LogP contribution < -0.4 is 4.90 Å². The summed E-state index contributed by atoms with van der Waals surface area (Å²) in [6.07, 6.45) is 6.60. The number of thiazole rings is 1. The third kappa shape index (κ3) is 6.71. The number of carboxylic acid groups (broad SMARTS) is 1. The van der Waals surface area contributed by atoms with Crippen LogP contribution in [0.3, 0.4) is 0 Å². The first-order chi connectivity index (χ1) is 20.9. The molecule has 6 heteroatoms. The average molecular weight is 594 g/mol. The van der Waals surface area contributed by atoms with Crippen molar-refractivity contribution in [2.45, 2.75) is 69.9 Å². The maximum Gasteiger partial charge on any atom is 0.314 e. The summed E-state index contributed by atoms with van der Waals surface area (Å²) < 4.78 is 0. The van der Waals surface area contributed by atoms with Crippen molar-refractivity contribution in [1.29, 1.82) is 0 Å². The molecule has 1 aliphatic heterocycles. The maximum atomic E-state index is 12.3. The first-order valence-electron chi connectivity index (χ1n) is 15.8. The van der Waals surface area contributed by atoms with Crippen molar-refractivity contribution in [3.8, 4) is 11.3 Å². The average Bonchev–Trinajstić information content (AvgIpc) is 3.51. The third-order valence-electron chi connectivity index (χ3n) is 9.85. The molecule has 224 valence electrons. The zero-order valence-corrected chi connectivity index (χ0v) is 26.2. The van der Waals surface area contributed by atoms with Gasteiger partial charge in [0, 0.05) is 43.3 Å². The standard InChI is InChI=1S/C37H43N3O2S/c1-27-8-12-29(13-9-27)30-14-10-28(11-15-30)24-39(2)33-18-16-31(17-19-33)34-26-43-35(38-34)25-40-22-20-37(21-23-40,36(41)42)32-6-4-3-5-7-32/h3-7,10-11,14-19,26-27,29H,8-9,12-13,20-25H2,1-2H3,(H,41,42). The van der Waals surface area contributed by atoms with Crippen LogP contribution in [0.5, 0.6) is 0 Å². The van der Waals surface area contributed by atoms with Gasteiger partial charge in [-0.25, -0.2) is 4.98 Å². The Morgan fingerprint density at radius 2 is 1.63 bits per heavy atom. The predicted octanol–water partition coefficient (Wildman–Crippen LogP) is 8.36. The molecule has 2 fully saturated rings. The fraction of sp³-hybridized carbons (Fsp3) is 0.405. The second-order valence-electron chi connectivity index (χ2n) is 12.8. The van der Waals surface area contributed by atoms with Gasteiger partial charge >= 0.3 is 5.97 Å². The molecule has 43 heavy (non-hydrogen) atoms. The summed E-state index contributed by atoms with van der Waals surface area (Å²) >= 11 is 1.68. The topological polar surface area (TPSA) is 56.7 Å². The van der Waals surface area contributed by atoms with Crippen LogP contribution in [0.2, 0.25) is 0 Å². The highest BCUT2D eigenvalue weighted by Crippen LogP contribution is 2.37. The van der Waals surface area contributed by atoms with Crippen LogP contribution in [0.4, 0.5) is 5.69 Å². The van der Waals surface area contributed by atoms with Crippen LogP contribution in [0.25, 0.3) is 11.3 Å². The molecule has 5 nitrogen and oxygen atoms in total. The number of piperidine rings is 1. The Bertz CT molecular complexity index is 1480. The molecule has 2 heterocycles. The number of benzene rings is 3. The summed E-state index contributed by atoms with van der Waals surface area (Å²) in [6.45, 7) is 5.52. The molecular weight excluding hydrogens is 550 g/mol. The number of nitrogens with zero attached hydrogens (tertiary/aromatic N) is 3. The van der Waals surface area contributed by atoms with E-state index >= 15 is 0 Å². The van der Waals surface area contributed by atoms with E-state index in [-0.39, 0.29) is 0 Å². The molecule has 1 saturated heterocycles. The third-order valence-corrected chi connectivity index (χ3v) is 10.7. The van der Waals surface area contributed by atoms with Gasteiger partial charge in [-0.1, -0.05) is 86.5 Å². The van der Waals surface area contributed by atoms with Gasteiger partial charge < -0.3 is 10.0 Å². The number of hydrogen-bond acceptors (Lipinski definition) is 5. The highest BCUT2D eigenvalue weighted by molar-refractivity contribution is 7.09. The van der Waals surface area contributed by atoms with E-state index < -0.39 is 11.4 Å². The van der Waals surface area contributed by atoms with Crippen LogP contribution in [0.15, 0.2) is 84.2 Å². The molecule has 3 aromatic carbocycles. The quantitative estimate of drug-likeness (QED) is 0.211. The lowest BCUT2D eigenvalue weighted by molar-refractivity contribution is -0.146. The van der Waals surface area contributed by atoms with Crippen molar-refractivity contribution in [2.24, 2.45) is 5.92 Å². The van der Waals surface area contributed by atoms with Gasteiger partial charge in [0.25, 0.3) is 0 Å².